The maximum absolute atomic E-state index is 12.7. The topological polar surface area (TPSA) is 34.9 Å². The molecular formula is C18H22Cl2N2O. The van der Waals surface area contributed by atoms with Gasteiger partial charge >= 0.3 is 0 Å². The van der Waals surface area contributed by atoms with Crippen molar-refractivity contribution in [1.29, 1.82) is 0 Å². The molecule has 0 N–H and O–H groups in total. The first-order valence-electron chi connectivity index (χ1n) is 7.94. The lowest BCUT2D eigenvalue weighted by Gasteiger charge is -2.24. The lowest BCUT2D eigenvalue weighted by Crippen LogP contribution is -2.16. The third-order valence-corrected chi connectivity index (χ3v) is 4.95. The number of nitrogens with zero attached hydrogens (tertiary/aromatic N) is 2. The zero-order valence-corrected chi connectivity index (χ0v) is 15.4. The summed E-state index contributed by atoms with van der Waals surface area (Å²) in [4.78, 5) is 17.1. The largest absolute Gasteiger partial charge is 0.331 e. The molecule has 0 radical (unpaired) electrons. The minimum Gasteiger partial charge on any atom is -0.331 e. The number of aromatic nitrogens is 2. The summed E-state index contributed by atoms with van der Waals surface area (Å²) in [5, 5.41) is 0.861. The predicted molar refractivity (Wildman–Crippen MR) is 95.6 cm³/mol. The van der Waals surface area contributed by atoms with Crippen LogP contribution in [0.1, 0.15) is 61.5 Å². The number of hydrogen-bond acceptors (Lipinski definition) is 2. The molecule has 0 fully saturated rings. The van der Waals surface area contributed by atoms with Crippen molar-refractivity contribution >= 4 is 29.0 Å². The molecule has 0 aliphatic carbocycles. The van der Waals surface area contributed by atoms with Gasteiger partial charge in [0.1, 0.15) is 11.5 Å². The Labute approximate surface area is 147 Å². The van der Waals surface area contributed by atoms with Crippen molar-refractivity contribution in [3.05, 3.63) is 51.5 Å². The average molecular weight is 353 g/mol. The van der Waals surface area contributed by atoms with Gasteiger partial charge in [-0.25, -0.2) is 4.98 Å². The second-order valence-electron chi connectivity index (χ2n) is 5.90. The highest BCUT2D eigenvalue weighted by molar-refractivity contribution is 6.37. The maximum Gasteiger partial charge on any atom is 0.214 e. The quantitative estimate of drug-likeness (QED) is 0.622. The molecule has 0 amide bonds. The molecule has 5 heteroatoms. The number of halogens is 2. The van der Waals surface area contributed by atoms with E-state index >= 15 is 0 Å². The van der Waals surface area contributed by atoms with E-state index in [1.165, 1.54) is 0 Å². The average Bonchev–Trinajstić information content (AvgIpc) is 2.89. The summed E-state index contributed by atoms with van der Waals surface area (Å²) < 4.78 is 2.12. The molecule has 2 rings (SSSR count). The molecule has 0 aliphatic rings. The Bertz CT molecular complexity index is 709. The van der Waals surface area contributed by atoms with Gasteiger partial charge in [-0.3, -0.25) is 4.79 Å². The Balaban J connectivity index is 2.38. The molecule has 2 aromatic rings. The number of carbonyl (C=O) groups excluding carboxylic acids is 1. The zero-order valence-electron chi connectivity index (χ0n) is 13.9. The summed E-state index contributed by atoms with van der Waals surface area (Å²) in [6.45, 7) is 8.50. The predicted octanol–water partition coefficient (Wildman–Crippen LogP) is 5.73. The first kappa shape index (κ1) is 18.0. The van der Waals surface area contributed by atoms with E-state index in [0.717, 1.165) is 18.7 Å². The van der Waals surface area contributed by atoms with Crippen LogP contribution < -0.4 is 0 Å². The molecule has 0 bridgehead atoms. The molecule has 0 aliphatic heterocycles. The van der Waals surface area contributed by atoms with Gasteiger partial charge in [0, 0.05) is 22.8 Å². The first-order chi connectivity index (χ1) is 10.9. The second-order valence-corrected chi connectivity index (χ2v) is 6.74. The third kappa shape index (κ3) is 3.78. The Morgan fingerprint density at radius 3 is 2.52 bits per heavy atom. The van der Waals surface area contributed by atoms with Crippen LogP contribution in [0.15, 0.2) is 24.4 Å². The Kier molecular flexibility index (Phi) is 5.88. The molecule has 0 saturated carbocycles. The van der Waals surface area contributed by atoms with Crippen LogP contribution >= 0.6 is 23.2 Å². The van der Waals surface area contributed by atoms with E-state index in [1.807, 2.05) is 13.1 Å². The number of rotatable bonds is 6. The van der Waals surface area contributed by atoms with E-state index < -0.39 is 0 Å². The van der Waals surface area contributed by atoms with E-state index in [-0.39, 0.29) is 5.78 Å². The van der Waals surface area contributed by atoms with Crippen LogP contribution in [0.3, 0.4) is 0 Å². The smallest absolute Gasteiger partial charge is 0.214 e. The van der Waals surface area contributed by atoms with Gasteiger partial charge < -0.3 is 4.57 Å². The van der Waals surface area contributed by atoms with Gasteiger partial charge in [-0.15, -0.1) is 0 Å². The molecule has 3 nitrogen and oxygen atoms in total. The van der Waals surface area contributed by atoms with Crippen molar-refractivity contribution in [3.63, 3.8) is 0 Å². The Morgan fingerprint density at radius 1 is 1.26 bits per heavy atom. The van der Waals surface area contributed by atoms with Gasteiger partial charge in [-0.1, -0.05) is 50.4 Å². The summed E-state index contributed by atoms with van der Waals surface area (Å²) in [5.41, 5.74) is 0.853. The molecule has 1 aromatic carbocycles. The monoisotopic (exact) mass is 352 g/mol. The molecule has 1 aromatic heterocycles. The minimum absolute atomic E-state index is 0.174. The molecule has 2 atom stereocenters. The highest BCUT2D eigenvalue weighted by Gasteiger charge is 2.22. The Hall–Kier alpha value is -1.32. The van der Waals surface area contributed by atoms with E-state index in [4.69, 9.17) is 23.2 Å². The minimum atomic E-state index is -0.174. The summed E-state index contributed by atoms with van der Waals surface area (Å²) >= 11 is 12.0. The van der Waals surface area contributed by atoms with E-state index in [9.17, 15) is 4.79 Å². The fraction of sp³-hybridized carbons (Fsp3) is 0.444. The van der Waals surface area contributed by atoms with Crippen molar-refractivity contribution in [2.45, 2.75) is 46.6 Å². The van der Waals surface area contributed by atoms with Gasteiger partial charge in [0.2, 0.25) is 5.78 Å². The van der Waals surface area contributed by atoms with Crippen molar-refractivity contribution < 1.29 is 4.79 Å². The van der Waals surface area contributed by atoms with Crippen LogP contribution in [0.2, 0.25) is 10.0 Å². The van der Waals surface area contributed by atoms with Crippen molar-refractivity contribution in [2.75, 3.05) is 0 Å². The van der Waals surface area contributed by atoms with E-state index in [2.05, 4.69) is 30.3 Å². The number of aryl methyl sites for hydroxylation is 1. The molecule has 23 heavy (non-hydrogen) atoms. The van der Waals surface area contributed by atoms with Crippen molar-refractivity contribution in [3.8, 4) is 0 Å². The lowest BCUT2D eigenvalue weighted by molar-refractivity contribution is 0.103. The highest BCUT2D eigenvalue weighted by atomic mass is 35.5. The molecular weight excluding hydrogens is 331 g/mol. The summed E-state index contributed by atoms with van der Waals surface area (Å²) in [7, 11) is 0. The number of benzene rings is 1. The summed E-state index contributed by atoms with van der Waals surface area (Å²) in [6.07, 6.45) is 3.94. The van der Waals surface area contributed by atoms with Gasteiger partial charge in [-0.2, -0.15) is 0 Å². The first-order valence-corrected chi connectivity index (χ1v) is 8.69. The molecule has 1 heterocycles. The molecule has 0 spiro atoms. The van der Waals surface area contributed by atoms with Crippen LogP contribution in [0, 0.1) is 12.8 Å². The normalized spacial score (nSPS) is 13.8. The summed E-state index contributed by atoms with van der Waals surface area (Å²) in [6, 6.07) is 5.23. The maximum atomic E-state index is 12.7. The number of carbonyl (C=O) groups is 1. The van der Waals surface area contributed by atoms with Gasteiger partial charge in [-0.05, 0) is 37.5 Å². The van der Waals surface area contributed by atoms with Gasteiger partial charge in [0.25, 0.3) is 0 Å². The van der Waals surface area contributed by atoms with Gasteiger partial charge in [0.05, 0.1) is 5.02 Å². The van der Waals surface area contributed by atoms with Crippen LogP contribution in [-0.4, -0.2) is 15.3 Å². The summed E-state index contributed by atoms with van der Waals surface area (Å²) in [5.74, 6) is 1.20. The lowest BCUT2D eigenvalue weighted by atomic mass is 9.96. The second kappa shape index (κ2) is 7.50. The fourth-order valence-electron chi connectivity index (χ4n) is 2.89. The number of imidazole rings is 1. The van der Waals surface area contributed by atoms with Gasteiger partial charge in [0.15, 0.2) is 0 Å². The molecule has 124 valence electrons. The number of ketones is 1. The zero-order chi connectivity index (χ0) is 17.1. The highest BCUT2D eigenvalue weighted by Crippen LogP contribution is 2.28. The van der Waals surface area contributed by atoms with Crippen molar-refractivity contribution in [1.82, 2.24) is 9.55 Å². The molecule has 0 saturated heterocycles. The molecule has 2 unspecified atom stereocenters. The van der Waals surface area contributed by atoms with E-state index in [0.29, 0.717) is 33.3 Å². The Morgan fingerprint density at radius 2 is 1.96 bits per heavy atom. The van der Waals surface area contributed by atoms with Crippen molar-refractivity contribution in [2.24, 2.45) is 5.92 Å². The standard InChI is InChI=1S/C18H22Cl2N2O/c1-5-11(3)17(6-2)22-10-16(21-12(22)4)18(23)14-8-7-13(19)9-15(14)20/h7-11,17H,5-6H2,1-4H3. The van der Waals surface area contributed by atoms with Crippen LogP contribution in [-0.2, 0) is 0 Å². The van der Waals surface area contributed by atoms with Crippen LogP contribution in [0.25, 0.3) is 0 Å². The SMILES string of the molecule is CCC(C)C(CC)n1cc(C(=O)c2ccc(Cl)cc2Cl)nc1C. The third-order valence-electron chi connectivity index (χ3n) is 4.40. The van der Waals surface area contributed by atoms with Crippen LogP contribution in [0.4, 0.5) is 0 Å². The number of hydrogen-bond donors (Lipinski definition) is 0. The van der Waals surface area contributed by atoms with Crippen LogP contribution in [0.5, 0.6) is 0 Å². The van der Waals surface area contributed by atoms with E-state index in [1.54, 1.807) is 18.2 Å². The fourth-order valence-corrected chi connectivity index (χ4v) is 3.38.